The van der Waals surface area contributed by atoms with Gasteiger partial charge in [0.2, 0.25) is 5.89 Å². The first-order valence-corrected chi connectivity index (χ1v) is 8.60. The van der Waals surface area contributed by atoms with E-state index in [9.17, 15) is 5.26 Å². The van der Waals surface area contributed by atoms with Crippen molar-refractivity contribution >= 4 is 11.8 Å². The van der Waals surface area contributed by atoms with Crippen LogP contribution in [0.5, 0.6) is 0 Å². The van der Waals surface area contributed by atoms with Crippen LogP contribution in [-0.2, 0) is 5.75 Å². The number of rotatable bonds is 4. The zero-order chi connectivity index (χ0) is 17.1. The Hall–Kier alpha value is -2.58. The molecule has 2 heterocycles. The molecule has 0 N–H and O–H groups in total. The number of nitrogens with zero attached hydrogens (tertiary/aromatic N) is 3. The van der Waals surface area contributed by atoms with Crippen molar-refractivity contribution in [3.05, 3.63) is 64.7 Å². The van der Waals surface area contributed by atoms with Crippen LogP contribution in [0.2, 0.25) is 0 Å². The maximum Gasteiger partial charge on any atom is 0.226 e. The molecule has 4 nitrogen and oxygen atoms in total. The highest BCUT2D eigenvalue weighted by atomic mass is 32.2. The molecule has 0 atom stereocenters. The first-order valence-electron chi connectivity index (χ1n) is 7.61. The standard InChI is InChI=1S/C19H17N3OS/c1-12-9-13(2)21-19(16(12)10-20)24-11-17-14(3)23-18(22-17)15-7-5-4-6-8-15/h4-9H,11H2,1-3H3. The lowest BCUT2D eigenvalue weighted by molar-refractivity contribution is 0.540. The largest absolute Gasteiger partial charge is 0.441 e. The molecule has 0 amide bonds. The zero-order valence-electron chi connectivity index (χ0n) is 13.8. The van der Waals surface area contributed by atoms with E-state index in [0.717, 1.165) is 33.3 Å². The van der Waals surface area contributed by atoms with Crippen molar-refractivity contribution < 1.29 is 4.42 Å². The number of oxazole rings is 1. The quantitative estimate of drug-likeness (QED) is 0.639. The molecule has 0 spiro atoms. The lowest BCUT2D eigenvalue weighted by Gasteiger charge is -2.06. The summed E-state index contributed by atoms with van der Waals surface area (Å²) in [6.45, 7) is 5.79. The Morgan fingerprint density at radius 1 is 1.12 bits per heavy atom. The molecule has 0 saturated heterocycles. The molecule has 0 bridgehead atoms. The fourth-order valence-electron chi connectivity index (χ4n) is 2.45. The van der Waals surface area contributed by atoms with E-state index in [0.29, 0.717) is 17.2 Å². The Kier molecular flexibility index (Phi) is 4.68. The van der Waals surface area contributed by atoms with Gasteiger partial charge in [0.15, 0.2) is 0 Å². The van der Waals surface area contributed by atoms with Crippen LogP contribution in [0, 0.1) is 32.1 Å². The van der Waals surface area contributed by atoms with Crippen molar-refractivity contribution in [2.45, 2.75) is 31.6 Å². The maximum absolute atomic E-state index is 9.36. The van der Waals surface area contributed by atoms with E-state index in [1.54, 1.807) is 0 Å². The van der Waals surface area contributed by atoms with Gasteiger partial charge >= 0.3 is 0 Å². The molecule has 5 heteroatoms. The number of hydrogen-bond acceptors (Lipinski definition) is 5. The van der Waals surface area contributed by atoms with E-state index in [-0.39, 0.29) is 0 Å². The highest BCUT2D eigenvalue weighted by molar-refractivity contribution is 7.98. The molecular formula is C19H17N3OS. The molecule has 0 unspecified atom stereocenters. The minimum absolute atomic E-state index is 0.618. The van der Waals surface area contributed by atoms with Crippen molar-refractivity contribution in [2.24, 2.45) is 0 Å². The van der Waals surface area contributed by atoms with Crippen molar-refractivity contribution in [3.63, 3.8) is 0 Å². The molecule has 3 rings (SSSR count). The summed E-state index contributed by atoms with van der Waals surface area (Å²) in [5, 5.41) is 10.1. The third-order valence-corrected chi connectivity index (χ3v) is 4.67. The summed E-state index contributed by atoms with van der Waals surface area (Å²) < 4.78 is 5.78. The van der Waals surface area contributed by atoms with Crippen LogP contribution in [0.3, 0.4) is 0 Å². The van der Waals surface area contributed by atoms with Gasteiger partial charge < -0.3 is 4.42 Å². The second-order valence-corrected chi connectivity index (χ2v) is 6.51. The second kappa shape index (κ2) is 6.90. The van der Waals surface area contributed by atoms with Crippen LogP contribution in [0.1, 0.15) is 28.3 Å². The molecule has 0 radical (unpaired) electrons. The summed E-state index contributed by atoms with van der Waals surface area (Å²) in [5.74, 6) is 2.04. The minimum atomic E-state index is 0.618. The fraction of sp³-hybridized carbons (Fsp3) is 0.211. The Balaban J connectivity index is 1.84. The molecule has 0 aliphatic rings. The third kappa shape index (κ3) is 3.34. The average Bonchev–Trinajstić information content (AvgIpc) is 2.94. The molecule has 0 aliphatic heterocycles. The minimum Gasteiger partial charge on any atom is -0.441 e. The fourth-order valence-corrected chi connectivity index (χ4v) is 3.55. The summed E-state index contributed by atoms with van der Waals surface area (Å²) in [7, 11) is 0. The van der Waals surface area contributed by atoms with Gasteiger partial charge in [0.1, 0.15) is 16.9 Å². The first kappa shape index (κ1) is 16.3. The molecule has 3 aromatic rings. The van der Waals surface area contributed by atoms with Gasteiger partial charge in [-0.2, -0.15) is 5.26 Å². The van der Waals surface area contributed by atoms with E-state index in [2.05, 4.69) is 16.0 Å². The highest BCUT2D eigenvalue weighted by Gasteiger charge is 2.14. The van der Waals surface area contributed by atoms with Crippen LogP contribution in [0.25, 0.3) is 11.5 Å². The number of benzene rings is 1. The van der Waals surface area contributed by atoms with Gasteiger partial charge in [-0.3, -0.25) is 0 Å². The van der Waals surface area contributed by atoms with Crippen molar-refractivity contribution in [2.75, 3.05) is 0 Å². The SMILES string of the molecule is Cc1cc(C)c(C#N)c(SCc2nc(-c3ccccc3)oc2C)n1. The monoisotopic (exact) mass is 335 g/mol. The van der Waals surface area contributed by atoms with Crippen molar-refractivity contribution in [3.8, 4) is 17.5 Å². The summed E-state index contributed by atoms with van der Waals surface area (Å²) in [5.41, 5.74) is 4.34. The Bertz CT molecular complexity index is 910. The first-order chi connectivity index (χ1) is 11.6. The van der Waals surface area contributed by atoms with Gasteiger partial charge in [-0.1, -0.05) is 30.0 Å². The highest BCUT2D eigenvalue weighted by Crippen LogP contribution is 2.29. The molecule has 2 aromatic heterocycles. The van der Waals surface area contributed by atoms with Gasteiger partial charge in [-0.15, -0.1) is 0 Å². The summed E-state index contributed by atoms with van der Waals surface area (Å²) >= 11 is 1.52. The Labute approximate surface area is 145 Å². The normalized spacial score (nSPS) is 10.6. The lowest BCUT2D eigenvalue weighted by atomic mass is 10.1. The van der Waals surface area contributed by atoms with Gasteiger partial charge in [0.25, 0.3) is 0 Å². The predicted octanol–water partition coefficient (Wildman–Crippen LogP) is 4.83. The van der Waals surface area contributed by atoms with Crippen LogP contribution >= 0.6 is 11.8 Å². The Morgan fingerprint density at radius 3 is 2.58 bits per heavy atom. The average molecular weight is 335 g/mol. The summed E-state index contributed by atoms with van der Waals surface area (Å²) in [6, 6.07) is 14.0. The van der Waals surface area contributed by atoms with Gasteiger partial charge in [0, 0.05) is 17.0 Å². The summed E-state index contributed by atoms with van der Waals surface area (Å²) in [4.78, 5) is 9.09. The molecule has 120 valence electrons. The summed E-state index contributed by atoms with van der Waals surface area (Å²) in [6.07, 6.45) is 0. The van der Waals surface area contributed by atoms with Gasteiger partial charge in [0.05, 0.1) is 11.3 Å². The molecule has 1 aromatic carbocycles. The molecular weight excluding hydrogens is 318 g/mol. The number of aryl methyl sites for hydroxylation is 3. The van der Waals surface area contributed by atoms with Gasteiger partial charge in [-0.25, -0.2) is 9.97 Å². The molecule has 0 fully saturated rings. The van der Waals surface area contributed by atoms with E-state index in [4.69, 9.17) is 4.42 Å². The van der Waals surface area contributed by atoms with Crippen LogP contribution < -0.4 is 0 Å². The van der Waals surface area contributed by atoms with Crippen LogP contribution in [0.15, 0.2) is 45.8 Å². The predicted molar refractivity (Wildman–Crippen MR) is 94.7 cm³/mol. The van der Waals surface area contributed by atoms with E-state index in [1.807, 2.05) is 57.2 Å². The van der Waals surface area contributed by atoms with E-state index in [1.165, 1.54) is 11.8 Å². The number of aromatic nitrogens is 2. The molecule has 0 saturated carbocycles. The maximum atomic E-state index is 9.36. The molecule has 24 heavy (non-hydrogen) atoms. The lowest BCUT2D eigenvalue weighted by Crippen LogP contribution is -1.95. The Morgan fingerprint density at radius 2 is 1.88 bits per heavy atom. The van der Waals surface area contributed by atoms with Crippen molar-refractivity contribution in [1.82, 2.24) is 9.97 Å². The van der Waals surface area contributed by atoms with Crippen LogP contribution in [0.4, 0.5) is 0 Å². The van der Waals surface area contributed by atoms with E-state index < -0.39 is 0 Å². The smallest absolute Gasteiger partial charge is 0.226 e. The number of thioether (sulfide) groups is 1. The van der Waals surface area contributed by atoms with E-state index >= 15 is 0 Å². The number of pyridine rings is 1. The van der Waals surface area contributed by atoms with Crippen molar-refractivity contribution in [1.29, 1.82) is 5.26 Å². The van der Waals surface area contributed by atoms with Gasteiger partial charge in [-0.05, 0) is 44.5 Å². The second-order valence-electron chi connectivity index (χ2n) is 5.55. The topological polar surface area (TPSA) is 62.7 Å². The zero-order valence-corrected chi connectivity index (χ0v) is 14.6. The number of hydrogen-bond donors (Lipinski definition) is 0. The van der Waals surface area contributed by atoms with Crippen LogP contribution in [-0.4, -0.2) is 9.97 Å². The number of nitriles is 1. The molecule has 0 aliphatic carbocycles. The third-order valence-electron chi connectivity index (χ3n) is 3.68.